The molecule has 0 saturated carbocycles. The lowest BCUT2D eigenvalue weighted by Gasteiger charge is -2.36. The van der Waals surface area contributed by atoms with E-state index in [1.54, 1.807) is 24.3 Å². The van der Waals surface area contributed by atoms with Crippen molar-refractivity contribution in [3.63, 3.8) is 0 Å². The Kier molecular flexibility index (Phi) is 5.56. The van der Waals surface area contributed by atoms with E-state index in [0.717, 1.165) is 30.2 Å². The van der Waals surface area contributed by atoms with E-state index in [9.17, 15) is 8.42 Å². The molecule has 2 aromatic carbocycles. The third kappa shape index (κ3) is 3.98. The molecule has 24 heavy (non-hydrogen) atoms. The predicted octanol–water partition coefficient (Wildman–Crippen LogP) is 2.76. The summed E-state index contributed by atoms with van der Waals surface area (Å²) in [4.78, 5) is 2.59. The van der Waals surface area contributed by atoms with Gasteiger partial charge in [-0.05, 0) is 23.8 Å². The number of benzene rings is 2. The highest BCUT2D eigenvalue weighted by Crippen LogP contribution is 2.28. The van der Waals surface area contributed by atoms with E-state index >= 15 is 0 Å². The molecule has 3 rings (SSSR count). The molecule has 4 nitrogen and oxygen atoms in total. The third-order valence-electron chi connectivity index (χ3n) is 4.37. The van der Waals surface area contributed by atoms with E-state index in [1.165, 1.54) is 0 Å². The average Bonchev–Trinajstić information content (AvgIpc) is 2.62. The largest absolute Gasteiger partial charge is 0.314 e. The van der Waals surface area contributed by atoms with Gasteiger partial charge in [-0.25, -0.2) is 8.42 Å². The molecule has 1 unspecified atom stereocenters. The molecule has 0 aliphatic carbocycles. The lowest BCUT2D eigenvalue weighted by Crippen LogP contribution is -2.47. The van der Waals surface area contributed by atoms with Crippen LogP contribution in [0.2, 0.25) is 5.02 Å². The number of hydrogen-bond acceptors (Lipinski definition) is 4. The van der Waals surface area contributed by atoms with E-state index in [0.29, 0.717) is 11.4 Å². The number of halogens is 1. The van der Waals surface area contributed by atoms with Crippen molar-refractivity contribution in [2.45, 2.75) is 10.9 Å². The number of nitrogens with zero attached hydrogens (tertiary/aromatic N) is 1. The molecule has 2 aromatic rings. The van der Waals surface area contributed by atoms with Crippen LogP contribution >= 0.6 is 11.6 Å². The quantitative estimate of drug-likeness (QED) is 0.886. The van der Waals surface area contributed by atoms with Crippen LogP contribution in [0, 0.1) is 0 Å². The lowest BCUT2D eigenvalue weighted by atomic mass is 10.0. The second-order valence-corrected chi connectivity index (χ2v) is 8.43. The molecule has 1 N–H and O–H groups in total. The van der Waals surface area contributed by atoms with Crippen molar-refractivity contribution in [3.05, 3.63) is 65.2 Å². The first-order valence-electron chi connectivity index (χ1n) is 8.05. The van der Waals surface area contributed by atoms with Gasteiger partial charge in [-0.1, -0.05) is 48.0 Å². The van der Waals surface area contributed by atoms with Crippen molar-refractivity contribution in [3.8, 4) is 0 Å². The molecule has 0 bridgehead atoms. The number of hydrogen-bond donors (Lipinski definition) is 1. The van der Waals surface area contributed by atoms with Crippen LogP contribution in [0.3, 0.4) is 0 Å². The van der Waals surface area contributed by atoms with Crippen LogP contribution < -0.4 is 5.32 Å². The fourth-order valence-electron chi connectivity index (χ4n) is 3.05. The number of piperazine rings is 1. The van der Waals surface area contributed by atoms with Crippen LogP contribution in [-0.2, 0) is 9.84 Å². The molecule has 0 aromatic heterocycles. The molecular formula is C18H21ClN2O2S. The van der Waals surface area contributed by atoms with Crippen LogP contribution in [0.5, 0.6) is 0 Å². The summed E-state index contributed by atoms with van der Waals surface area (Å²) in [5.74, 6) is 0.109. The first-order chi connectivity index (χ1) is 11.6. The SMILES string of the molecule is O=S(=O)(CCN1CCNCC1c1ccccc1Cl)c1ccccc1. The molecule has 1 fully saturated rings. The van der Waals surface area contributed by atoms with Gasteiger partial charge in [-0.15, -0.1) is 0 Å². The molecule has 0 radical (unpaired) electrons. The summed E-state index contributed by atoms with van der Waals surface area (Å²) >= 11 is 6.34. The molecule has 1 aliphatic rings. The van der Waals surface area contributed by atoms with Gasteiger partial charge in [0.05, 0.1) is 10.6 Å². The second kappa shape index (κ2) is 7.66. The van der Waals surface area contributed by atoms with E-state index in [1.807, 2.05) is 30.3 Å². The fraction of sp³-hybridized carbons (Fsp3) is 0.333. The van der Waals surface area contributed by atoms with Crippen molar-refractivity contribution >= 4 is 21.4 Å². The Labute approximate surface area is 148 Å². The molecule has 0 amide bonds. The summed E-state index contributed by atoms with van der Waals surface area (Å²) < 4.78 is 25.0. The lowest BCUT2D eigenvalue weighted by molar-refractivity contribution is 0.172. The van der Waals surface area contributed by atoms with Gasteiger partial charge >= 0.3 is 0 Å². The normalized spacial score (nSPS) is 19.3. The summed E-state index contributed by atoms with van der Waals surface area (Å²) in [6, 6.07) is 16.5. The van der Waals surface area contributed by atoms with Crippen LogP contribution in [0.15, 0.2) is 59.5 Å². The first kappa shape index (κ1) is 17.4. The number of nitrogens with one attached hydrogen (secondary N) is 1. The Morgan fingerprint density at radius 2 is 1.79 bits per heavy atom. The maximum Gasteiger partial charge on any atom is 0.179 e. The Morgan fingerprint density at radius 3 is 2.54 bits per heavy atom. The van der Waals surface area contributed by atoms with Crippen LogP contribution in [0.25, 0.3) is 0 Å². The molecule has 1 saturated heterocycles. The maximum atomic E-state index is 12.5. The summed E-state index contributed by atoms with van der Waals surface area (Å²) in [6.45, 7) is 2.93. The topological polar surface area (TPSA) is 49.4 Å². The Morgan fingerprint density at radius 1 is 1.08 bits per heavy atom. The first-order valence-corrected chi connectivity index (χ1v) is 10.1. The summed E-state index contributed by atoms with van der Waals surface area (Å²) in [5, 5.41) is 4.09. The maximum absolute atomic E-state index is 12.5. The number of sulfone groups is 1. The van der Waals surface area contributed by atoms with Crippen molar-refractivity contribution < 1.29 is 8.42 Å². The molecule has 128 valence electrons. The van der Waals surface area contributed by atoms with Crippen LogP contribution in [0.4, 0.5) is 0 Å². The van der Waals surface area contributed by atoms with E-state index in [4.69, 9.17) is 11.6 Å². The monoisotopic (exact) mass is 364 g/mol. The zero-order valence-corrected chi connectivity index (χ0v) is 14.9. The second-order valence-electron chi connectivity index (χ2n) is 5.91. The van der Waals surface area contributed by atoms with Crippen molar-refractivity contribution in [1.29, 1.82) is 0 Å². The Balaban J connectivity index is 1.74. The van der Waals surface area contributed by atoms with Gasteiger partial charge in [-0.3, -0.25) is 4.90 Å². The van der Waals surface area contributed by atoms with Crippen LogP contribution in [0.1, 0.15) is 11.6 Å². The molecule has 1 atom stereocenters. The highest BCUT2D eigenvalue weighted by Gasteiger charge is 2.26. The van der Waals surface area contributed by atoms with Crippen molar-refractivity contribution in [1.82, 2.24) is 10.2 Å². The van der Waals surface area contributed by atoms with Crippen LogP contribution in [-0.4, -0.2) is 45.2 Å². The summed E-state index contributed by atoms with van der Waals surface area (Å²) in [6.07, 6.45) is 0. The molecule has 1 aliphatic heterocycles. The molecule has 1 heterocycles. The minimum Gasteiger partial charge on any atom is -0.314 e. The Bertz CT molecular complexity index is 781. The summed E-state index contributed by atoms with van der Waals surface area (Å²) in [5.41, 5.74) is 1.04. The van der Waals surface area contributed by atoms with Gasteiger partial charge in [-0.2, -0.15) is 0 Å². The highest BCUT2D eigenvalue weighted by molar-refractivity contribution is 7.91. The van der Waals surface area contributed by atoms with Gasteiger partial charge < -0.3 is 5.32 Å². The smallest absolute Gasteiger partial charge is 0.179 e. The van der Waals surface area contributed by atoms with Gasteiger partial charge in [0.2, 0.25) is 0 Å². The van der Waals surface area contributed by atoms with Crippen molar-refractivity contribution in [2.24, 2.45) is 0 Å². The predicted molar refractivity (Wildman–Crippen MR) is 97.1 cm³/mol. The standard InChI is InChI=1S/C18H21ClN2O2S/c19-17-9-5-4-8-16(17)18-14-20-10-11-21(18)12-13-24(22,23)15-6-2-1-3-7-15/h1-9,18,20H,10-14H2. The molecule has 0 spiro atoms. The van der Waals surface area contributed by atoms with Gasteiger partial charge in [0.1, 0.15) is 0 Å². The minimum atomic E-state index is -3.27. The zero-order valence-electron chi connectivity index (χ0n) is 13.4. The minimum absolute atomic E-state index is 0.0958. The van der Waals surface area contributed by atoms with Gasteiger partial charge in [0, 0.05) is 37.2 Å². The average molecular weight is 365 g/mol. The summed E-state index contributed by atoms with van der Waals surface area (Å²) in [7, 11) is -3.27. The van der Waals surface area contributed by atoms with Gasteiger partial charge in [0.25, 0.3) is 0 Å². The molecular weight excluding hydrogens is 344 g/mol. The third-order valence-corrected chi connectivity index (χ3v) is 6.42. The van der Waals surface area contributed by atoms with Gasteiger partial charge in [0.15, 0.2) is 9.84 Å². The van der Waals surface area contributed by atoms with E-state index < -0.39 is 9.84 Å². The number of rotatable bonds is 5. The zero-order chi connectivity index (χ0) is 17.0. The van der Waals surface area contributed by atoms with Crippen molar-refractivity contribution in [2.75, 3.05) is 31.9 Å². The molecule has 6 heteroatoms. The highest BCUT2D eigenvalue weighted by atomic mass is 35.5. The Hall–Kier alpha value is -1.40. The van der Waals surface area contributed by atoms with E-state index in [2.05, 4.69) is 10.2 Å². The van der Waals surface area contributed by atoms with E-state index in [-0.39, 0.29) is 11.8 Å². The fourth-order valence-corrected chi connectivity index (χ4v) is 4.59.